The highest BCUT2D eigenvalue weighted by Gasteiger charge is 2.27. The Labute approximate surface area is 392 Å². The lowest BCUT2D eigenvalue weighted by Crippen LogP contribution is -2.28. The SMILES string of the molecule is CCCCCCC/C=C\C/C=C\CCCCCCCCCCCCCC(=O)OC(CO)COP(=O)(O)OCC(CO)OC(=O)CCCCCCCCC/C=C\CCCCCCCCC. The molecule has 0 aromatic heterocycles. The number of phosphoric ester groups is 1. The van der Waals surface area contributed by atoms with E-state index >= 15 is 0 Å². The van der Waals surface area contributed by atoms with Crippen LogP contribution in [0.4, 0.5) is 0 Å². The number of allylic oxidation sites excluding steroid dienone is 6. The number of aliphatic hydroxyl groups excluding tert-OH is 2. The molecule has 0 aliphatic rings. The zero-order chi connectivity index (χ0) is 46.9. The van der Waals surface area contributed by atoms with Gasteiger partial charge in [-0.05, 0) is 70.6 Å². The normalized spacial score (nSPS) is 13.9. The van der Waals surface area contributed by atoms with Crippen molar-refractivity contribution in [2.24, 2.45) is 0 Å². The number of carbonyl (C=O) groups excluding carboxylic acids is 2. The van der Waals surface area contributed by atoms with E-state index in [1.165, 1.54) is 161 Å². The molecule has 10 nitrogen and oxygen atoms in total. The summed E-state index contributed by atoms with van der Waals surface area (Å²) in [6, 6.07) is 0. The molecule has 0 saturated carbocycles. The van der Waals surface area contributed by atoms with E-state index in [4.69, 9.17) is 18.5 Å². The Hall–Kier alpha value is -1.81. The van der Waals surface area contributed by atoms with Crippen molar-refractivity contribution in [3.8, 4) is 0 Å². The Balaban J connectivity index is 3.82. The van der Waals surface area contributed by atoms with Gasteiger partial charge in [-0.3, -0.25) is 18.6 Å². The van der Waals surface area contributed by atoms with E-state index in [0.29, 0.717) is 12.8 Å². The summed E-state index contributed by atoms with van der Waals surface area (Å²) in [7, 11) is -4.64. The van der Waals surface area contributed by atoms with E-state index in [1.54, 1.807) is 0 Å². The lowest BCUT2D eigenvalue weighted by Gasteiger charge is -2.20. The van der Waals surface area contributed by atoms with Gasteiger partial charge in [0.1, 0.15) is 12.2 Å². The van der Waals surface area contributed by atoms with Crippen molar-refractivity contribution in [3.05, 3.63) is 36.5 Å². The number of hydrogen-bond donors (Lipinski definition) is 3. The van der Waals surface area contributed by atoms with Gasteiger partial charge < -0.3 is 24.6 Å². The zero-order valence-electron chi connectivity index (χ0n) is 41.3. The Morgan fingerprint density at radius 1 is 0.422 bits per heavy atom. The summed E-state index contributed by atoms with van der Waals surface area (Å²) in [5.74, 6) is -1.02. The average Bonchev–Trinajstić information content (AvgIpc) is 3.29. The van der Waals surface area contributed by atoms with Crippen LogP contribution in [-0.2, 0) is 32.7 Å². The monoisotopic (exact) mass is 927 g/mol. The van der Waals surface area contributed by atoms with Crippen LogP contribution in [0.25, 0.3) is 0 Å². The molecule has 0 amide bonds. The summed E-state index contributed by atoms with van der Waals surface area (Å²) in [4.78, 5) is 34.7. The standard InChI is InChI=1S/C53H99O10P/c1-3-5-7-9-11-13-15-17-19-21-23-24-25-26-27-29-31-33-35-37-39-41-43-45-53(57)63-51(47-55)49-61-64(58,59)60-48-50(46-54)62-52(56)44-42-40-38-36-34-32-30-28-22-20-18-16-14-12-10-8-6-4-2/h15,17,20-23,50-51,54-55H,3-14,16,18-19,24-49H2,1-2H3,(H,58,59)/b17-15-,22-20-,23-21-. The summed E-state index contributed by atoms with van der Waals surface area (Å²) in [5, 5.41) is 19.3. The van der Waals surface area contributed by atoms with Crippen LogP contribution in [0, 0.1) is 0 Å². The molecular weight excluding hydrogens is 828 g/mol. The van der Waals surface area contributed by atoms with Crippen LogP contribution < -0.4 is 0 Å². The van der Waals surface area contributed by atoms with Crippen molar-refractivity contribution < 1.29 is 47.8 Å². The second kappa shape index (κ2) is 49.1. The number of hydrogen-bond acceptors (Lipinski definition) is 9. The van der Waals surface area contributed by atoms with Gasteiger partial charge in [0, 0.05) is 12.8 Å². The van der Waals surface area contributed by atoms with Gasteiger partial charge in [0.05, 0.1) is 26.4 Å². The van der Waals surface area contributed by atoms with Gasteiger partial charge in [0.15, 0.2) is 0 Å². The first-order valence-electron chi connectivity index (χ1n) is 26.4. The van der Waals surface area contributed by atoms with Crippen molar-refractivity contribution in [2.45, 2.75) is 264 Å². The van der Waals surface area contributed by atoms with Crippen LogP contribution >= 0.6 is 7.82 Å². The van der Waals surface area contributed by atoms with Crippen molar-refractivity contribution in [1.29, 1.82) is 0 Å². The fourth-order valence-corrected chi connectivity index (χ4v) is 8.28. The van der Waals surface area contributed by atoms with Crippen LogP contribution in [0.2, 0.25) is 0 Å². The first kappa shape index (κ1) is 62.2. The Morgan fingerprint density at radius 2 is 0.688 bits per heavy atom. The molecule has 376 valence electrons. The minimum atomic E-state index is -4.64. The van der Waals surface area contributed by atoms with Crippen molar-refractivity contribution >= 4 is 19.8 Å². The first-order chi connectivity index (χ1) is 31.3. The number of unbranched alkanes of at least 4 members (excludes halogenated alkanes) is 30. The average molecular weight is 927 g/mol. The van der Waals surface area contributed by atoms with E-state index in [2.05, 4.69) is 50.3 Å². The third-order valence-corrected chi connectivity index (χ3v) is 12.5. The molecule has 0 radical (unpaired) electrons. The van der Waals surface area contributed by atoms with Crippen LogP contribution in [-0.4, -0.2) is 65.7 Å². The van der Waals surface area contributed by atoms with Gasteiger partial charge in [-0.25, -0.2) is 4.57 Å². The maximum atomic E-state index is 12.4. The fraction of sp³-hybridized carbons (Fsp3) is 0.849. The third-order valence-electron chi connectivity index (χ3n) is 11.6. The van der Waals surface area contributed by atoms with Gasteiger partial charge in [-0.1, -0.05) is 204 Å². The summed E-state index contributed by atoms with van der Waals surface area (Å²) < 4.78 is 32.7. The second-order valence-corrected chi connectivity index (χ2v) is 19.3. The topological polar surface area (TPSA) is 149 Å². The molecule has 0 bridgehead atoms. The van der Waals surface area contributed by atoms with Crippen LogP contribution in [0.1, 0.15) is 251 Å². The fourth-order valence-electron chi connectivity index (χ4n) is 7.49. The summed E-state index contributed by atoms with van der Waals surface area (Å²) in [6.07, 6.45) is 54.0. The number of carbonyl (C=O) groups is 2. The van der Waals surface area contributed by atoms with E-state index in [9.17, 15) is 29.3 Å². The van der Waals surface area contributed by atoms with Crippen LogP contribution in [0.5, 0.6) is 0 Å². The van der Waals surface area contributed by atoms with Gasteiger partial charge >= 0.3 is 19.8 Å². The molecule has 3 atom stereocenters. The molecule has 0 fully saturated rings. The van der Waals surface area contributed by atoms with E-state index in [0.717, 1.165) is 51.4 Å². The lowest BCUT2D eigenvalue weighted by atomic mass is 10.0. The van der Waals surface area contributed by atoms with Crippen molar-refractivity contribution in [3.63, 3.8) is 0 Å². The number of rotatable bonds is 50. The zero-order valence-corrected chi connectivity index (χ0v) is 42.2. The highest BCUT2D eigenvalue weighted by atomic mass is 31.2. The van der Waals surface area contributed by atoms with E-state index in [1.807, 2.05) is 0 Å². The predicted octanol–water partition coefficient (Wildman–Crippen LogP) is 15.1. The van der Waals surface area contributed by atoms with E-state index < -0.39 is 58.4 Å². The smallest absolute Gasteiger partial charge is 0.457 e. The lowest BCUT2D eigenvalue weighted by molar-refractivity contribution is -0.153. The second-order valence-electron chi connectivity index (χ2n) is 17.9. The van der Waals surface area contributed by atoms with Gasteiger partial charge in [-0.15, -0.1) is 0 Å². The van der Waals surface area contributed by atoms with Gasteiger partial charge in [0.25, 0.3) is 0 Å². The molecule has 0 aromatic rings. The number of esters is 2. The predicted molar refractivity (Wildman–Crippen MR) is 265 cm³/mol. The van der Waals surface area contributed by atoms with Crippen LogP contribution in [0.15, 0.2) is 36.5 Å². The summed E-state index contributed by atoms with van der Waals surface area (Å²) in [6.45, 7) is 2.23. The summed E-state index contributed by atoms with van der Waals surface area (Å²) in [5.41, 5.74) is 0. The highest BCUT2D eigenvalue weighted by Crippen LogP contribution is 2.43. The van der Waals surface area contributed by atoms with Crippen molar-refractivity contribution in [2.75, 3.05) is 26.4 Å². The Bertz CT molecular complexity index is 1160. The maximum Gasteiger partial charge on any atom is 0.472 e. The molecular formula is C53H99O10P. The molecule has 0 aromatic carbocycles. The number of phosphoric acid groups is 1. The molecule has 0 saturated heterocycles. The quantitative estimate of drug-likeness (QED) is 0.0233. The molecule has 0 aliphatic heterocycles. The molecule has 0 heterocycles. The third kappa shape index (κ3) is 46.7. The Kier molecular flexibility index (Phi) is 47.7. The first-order valence-corrected chi connectivity index (χ1v) is 27.9. The number of ether oxygens (including phenoxy) is 2. The molecule has 3 unspecified atom stereocenters. The van der Waals surface area contributed by atoms with Crippen LogP contribution in [0.3, 0.4) is 0 Å². The highest BCUT2D eigenvalue weighted by molar-refractivity contribution is 7.47. The van der Waals surface area contributed by atoms with Crippen molar-refractivity contribution in [1.82, 2.24) is 0 Å². The molecule has 11 heteroatoms. The molecule has 0 rings (SSSR count). The van der Waals surface area contributed by atoms with Gasteiger partial charge in [0.2, 0.25) is 0 Å². The molecule has 0 spiro atoms. The minimum absolute atomic E-state index is 0.188. The minimum Gasteiger partial charge on any atom is -0.457 e. The Morgan fingerprint density at radius 3 is 0.984 bits per heavy atom. The molecule has 0 aliphatic carbocycles. The largest absolute Gasteiger partial charge is 0.472 e. The maximum absolute atomic E-state index is 12.4. The molecule has 3 N–H and O–H groups in total. The molecule has 64 heavy (non-hydrogen) atoms. The van der Waals surface area contributed by atoms with Gasteiger partial charge in [-0.2, -0.15) is 0 Å². The summed E-state index contributed by atoms with van der Waals surface area (Å²) >= 11 is 0. The van der Waals surface area contributed by atoms with E-state index in [-0.39, 0.29) is 12.8 Å². The number of aliphatic hydroxyl groups is 2.